The zero-order valence-electron chi connectivity index (χ0n) is 19.1. The van der Waals surface area contributed by atoms with Gasteiger partial charge in [0.1, 0.15) is 11.6 Å². The van der Waals surface area contributed by atoms with E-state index in [0.29, 0.717) is 23.7 Å². The highest BCUT2D eigenvalue weighted by Gasteiger charge is 2.29. The van der Waals surface area contributed by atoms with Crippen LogP contribution in [0.4, 0.5) is 11.5 Å². The van der Waals surface area contributed by atoms with E-state index in [4.69, 9.17) is 4.74 Å². The first-order valence-corrected chi connectivity index (χ1v) is 12.8. The van der Waals surface area contributed by atoms with Gasteiger partial charge in [0, 0.05) is 44.8 Å². The van der Waals surface area contributed by atoms with E-state index in [0.717, 1.165) is 45.4 Å². The fraction of sp³-hybridized carbons (Fsp3) is 0.478. The van der Waals surface area contributed by atoms with Crippen LogP contribution in [-0.2, 0) is 10.0 Å². The standard InChI is InChI=1S/C23H31N5O4S/c1-17-6-3-4-11-28(17)23(29)21-14-18(16-25-22(21)27-12-9-24-10-13-27)26-33(30,31)20-8-5-7-19(15-20)32-2/h5,7-8,14-17,24,26H,3-4,6,9-13H2,1-2H3. The minimum atomic E-state index is -3.88. The number of carbonyl (C=O) groups excluding carboxylic acids is 1. The average Bonchev–Trinajstić information content (AvgIpc) is 2.84. The number of pyridine rings is 1. The lowest BCUT2D eigenvalue weighted by Gasteiger charge is -2.35. The Morgan fingerprint density at radius 2 is 1.97 bits per heavy atom. The lowest BCUT2D eigenvalue weighted by molar-refractivity contribution is 0.0636. The summed E-state index contributed by atoms with van der Waals surface area (Å²) < 4.78 is 33.7. The Bertz CT molecular complexity index is 1100. The van der Waals surface area contributed by atoms with E-state index in [-0.39, 0.29) is 22.5 Å². The number of hydrogen-bond donors (Lipinski definition) is 2. The van der Waals surface area contributed by atoms with Crippen LogP contribution in [0.25, 0.3) is 0 Å². The quantitative estimate of drug-likeness (QED) is 0.664. The molecule has 1 aromatic carbocycles. The molecule has 2 aliphatic rings. The molecule has 10 heteroatoms. The maximum absolute atomic E-state index is 13.6. The highest BCUT2D eigenvalue weighted by atomic mass is 32.2. The summed E-state index contributed by atoms with van der Waals surface area (Å²) in [4.78, 5) is 22.2. The summed E-state index contributed by atoms with van der Waals surface area (Å²) in [6.07, 6.45) is 4.51. The number of nitrogens with zero attached hydrogens (tertiary/aromatic N) is 3. The van der Waals surface area contributed by atoms with Crippen LogP contribution in [0.5, 0.6) is 5.75 Å². The highest BCUT2D eigenvalue weighted by Crippen LogP contribution is 2.28. The fourth-order valence-corrected chi connectivity index (χ4v) is 5.41. The Hall–Kier alpha value is -2.85. The van der Waals surface area contributed by atoms with Crippen molar-refractivity contribution >= 4 is 27.4 Å². The molecule has 2 fully saturated rings. The van der Waals surface area contributed by atoms with Gasteiger partial charge in [0.05, 0.1) is 29.5 Å². The maximum Gasteiger partial charge on any atom is 0.262 e. The number of anilines is 2. The van der Waals surface area contributed by atoms with Gasteiger partial charge in [-0.25, -0.2) is 13.4 Å². The number of methoxy groups -OCH3 is 1. The Morgan fingerprint density at radius 1 is 1.18 bits per heavy atom. The topological polar surface area (TPSA) is 104 Å². The van der Waals surface area contributed by atoms with E-state index in [1.807, 2.05) is 4.90 Å². The van der Waals surface area contributed by atoms with Gasteiger partial charge in [-0.15, -0.1) is 0 Å². The first-order valence-electron chi connectivity index (χ1n) is 11.3. The smallest absolute Gasteiger partial charge is 0.262 e. The van der Waals surface area contributed by atoms with Crippen molar-refractivity contribution in [3.8, 4) is 5.75 Å². The molecule has 33 heavy (non-hydrogen) atoms. The van der Waals surface area contributed by atoms with Crippen molar-refractivity contribution in [2.45, 2.75) is 37.1 Å². The van der Waals surface area contributed by atoms with Crippen LogP contribution in [0.15, 0.2) is 41.4 Å². The van der Waals surface area contributed by atoms with Gasteiger partial charge in [-0.3, -0.25) is 9.52 Å². The molecule has 1 unspecified atom stereocenters. The van der Waals surface area contributed by atoms with Crippen LogP contribution < -0.4 is 19.7 Å². The summed E-state index contributed by atoms with van der Waals surface area (Å²) in [5, 5.41) is 3.31. The normalized spacial score (nSPS) is 19.3. The number of ether oxygens (including phenoxy) is 1. The Labute approximate surface area is 195 Å². The molecule has 3 heterocycles. The van der Waals surface area contributed by atoms with Gasteiger partial charge in [-0.2, -0.15) is 0 Å². The molecule has 1 aromatic heterocycles. The number of sulfonamides is 1. The number of amides is 1. The van der Waals surface area contributed by atoms with Crippen LogP contribution in [-0.4, -0.2) is 70.1 Å². The van der Waals surface area contributed by atoms with Crippen molar-refractivity contribution in [3.63, 3.8) is 0 Å². The van der Waals surface area contributed by atoms with Crippen LogP contribution in [0, 0.1) is 0 Å². The lowest BCUT2D eigenvalue weighted by Crippen LogP contribution is -2.46. The third-order valence-corrected chi connectivity index (χ3v) is 7.56. The largest absolute Gasteiger partial charge is 0.497 e. The molecule has 2 aliphatic heterocycles. The van der Waals surface area contributed by atoms with Gasteiger partial charge >= 0.3 is 0 Å². The van der Waals surface area contributed by atoms with Crippen LogP contribution in [0.1, 0.15) is 36.5 Å². The Balaban J connectivity index is 1.68. The molecular formula is C23H31N5O4S. The Kier molecular flexibility index (Phi) is 7.04. The number of rotatable bonds is 6. The molecule has 0 saturated carbocycles. The summed E-state index contributed by atoms with van der Waals surface area (Å²) in [6, 6.07) is 8.00. The van der Waals surface area contributed by atoms with Crippen molar-refractivity contribution < 1.29 is 17.9 Å². The zero-order chi connectivity index (χ0) is 23.4. The van der Waals surface area contributed by atoms with E-state index in [1.165, 1.54) is 25.4 Å². The third kappa shape index (κ3) is 5.22. The van der Waals surface area contributed by atoms with Gasteiger partial charge in [0.15, 0.2) is 0 Å². The molecule has 1 amide bonds. The van der Waals surface area contributed by atoms with Gasteiger partial charge in [0.25, 0.3) is 15.9 Å². The second kappa shape index (κ2) is 9.96. The van der Waals surface area contributed by atoms with Gasteiger partial charge in [-0.1, -0.05) is 6.07 Å². The van der Waals surface area contributed by atoms with E-state index in [1.54, 1.807) is 18.2 Å². The van der Waals surface area contributed by atoms with Crippen molar-refractivity contribution in [2.75, 3.05) is 49.5 Å². The molecule has 4 rings (SSSR count). The number of nitrogens with one attached hydrogen (secondary N) is 2. The fourth-order valence-electron chi connectivity index (χ4n) is 4.34. The first kappa shape index (κ1) is 23.3. The maximum atomic E-state index is 13.6. The minimum Gasteiger partial charge on any atom is -0.497 e. The van der Waals surface area contributed by atoms with Crippen molar-refractivity contribution in [2.24, 2.45) is 0 Å². The second-order valence-electron chi connectivity index (χ2n) is 8.46. The molecule has 0 bridgehead atoms. The monoisotopic (exact) mass is 473 g/mol. The summed E-state index contributed by atoms with van der Waals surface area (Å²) in [5.74, 6) is 0.939. The summed E-state index contributed by atoms with van der Waals surface area (Å²) in [5.41, 5.74) is 0.682. The van der Waals surface area contributed by atoms with E-state index in [2.05, 4.69) is 26.8 Å². The Morgan fingerprint density at radius 3 is 2.70 bits per heavy atom. The van der Waals surface area contributed by atoms with Crippen molar-refractivity contribution in [3.05, 3.63) is 42.1 Å². The van der Waals surface area contributed by atoms with Crippen LogP contribution in [0.2, 0.25) is 0 Å². The molecule has 0 radical (unpaired) electrons. The number of hydrogen-bond acceptors (Lipinski definition) is 7. The molecular weight excluding hydrogens is 442 g/mol. The van der Waals surface area contributed by atoms with E-state index in [9.17, 15) is 13.2 Å². The number of aromatic nitrogens is 1. The molecule has 178 valence electrons. The average molecular weight is 474 g/mol. The molecule has 2 saturated heterocycles. The molecule has 0 aliphatic carbocycles. The van der Waals surface area contributed by atoms with Gasteiger partial charge in [-0.05, 0) is 44.4 Å². The molecule has 2 N–H and O–H groups in total. The predicted octanol–water partition coefficient (Wildman–Crippen LogP) is 2.32. The minimum absolute atomic E-state index is 0.0746. The summed E-state index contributed by atoms with van der Waals surface area (Å²) >= 11 is 0. The SMILES string of the molecule is COc1cccc(S(=O)(=O)Nc2cnc(N3CCNCC3)c(C(=O)N3CCCCC3C)c2)c1. The van der Waals surface area contributed by atoms with E-state index >= 15 is 0 Å². The van der Waals surface area contributed by atoms with Crippen LogP contribution >= 0.6 is 0 Å². The molecule has 1 atom stereocenters. The van der Waals surface area contributed by atoms with E-state index < -0.39 is 10.0 Å². The highest BCUT2D eigenvalue weighted by molar-refractivity contribution is 7.92. The number of benzene rings is 1. The predicted molar refractivity (Wildman–Crippen MR) is 127 cm³/mol. The molecule has 2 aromatic rings. The third-order valence-electron chi connectivity index (χ3n) is 6.18. The molecule has 0 spiro atoms. The first-order chi connectivity index (χ1) is 15.9. The van der Waals surface area contributed by atoms with Gasteiger partial charge in [0.2, 0.25) is 0 Å². The zero-order valence-corrected chi connectivity index (χ0v) is 19.9. The van der Waals surface area contributed by atoms with Gasteiger partial charge < -0.3 is 19.9 Å². The number of piperidine rings is 1. The number of carbonyl (C=O) groups is 1. The van der Waals surface area contributed by atoms with Crippen molar-refractivity contribution in [1.82, 2.24) is 15.2 Å². The lowest BCUT2D eigenvalue weighted by atomic mass is 10.0. The molecule has 9 nitrogen and oxygen atoms in total. The summed E-state index contributed by atoms with van der Waals surface area (Å²) in [6.45, 7) is 5.83. The number of likely N-dealkylation sites (tertiary alicyclic amines) is 1. The van der Waals surface area contributed by atoms with Crippen LogP contribution in [0.3, 0.4) is 0 Å². The summed E-state index contributed by atoms with van der Waals surface area (Å²) in [7, 11) is -2.40. The van der Waals surface area contributed by atoms with Crippen molar-refractivity contribution in [1.29, 1.82) is 0 Å². The number of piperazine rings is 1. The second-order valence-corrected chi connectivity index (χ2v) is 10.1.